The number of nitrogens with one attached hydrogen (secondary N) is 1. The summed E-state index contributed by atoms with van der Waals surface area (Å²) in [6.07, 6.45) is 5.73. The zero-order valence-electron chi connectivity index (χ0n) is 13.2. The van der Waals surface area contributed by atoms with Gasteiger partial charge in [0.05, 0.1) is 0 Å². The zero-order chi connectivity index (χ0) is 15.6. The van der Waals surface area contributed by atoms with Crippen molar-refractivity contribution in [3.8, 4) is 0 Å². The second-order valence-corrected chi connectivity index (χ2v) is 5.69. The summed E-state index contributed by atoms with van der Waals surface area (Å²) in [6, 6.07) is 14.7. The first-order chi connectivity index (χ1) is 10.8. The molecule has 0 aliphatic heterocycles. The molecule has 0 heterocycles. The van der Waals surface area contributed by atoms with Crippen LogP contribution in [0.25, 0.3) is 10.8 Å². The molecule has 0 aromatic heterocycles. The molecule has 0 fully saturated rings. The van der Waals surface area contributed by atoms with E-state index in [1.54, 1.807) is 0 Å². The Hall–Kier alpha value is -1.87. The van der Waals surface area contributed by atoms with Crippen molar-refractivity contribution < 1.29 is 4.79 Å². The Labute approximate surface area is 132 Å². The third-order valence-corrected chi connectivity index (χ3v) is 3.95. The van der Waals surface area contributed by atoms with Gasteiger partial charge in [-0.1, -0.05) is 55.3 Å². The highest BCUT2D eigenvalue weighted by Gasteiger charge is 2.03. The number of nitrogens with two attached hydrogens (primary N) is 1. The maximum atomic E-state index is 11.8. The van der Waals surface area contributed by atoms with Crippen molar-refractivity contribution in [3.63, 3.8) is 0 Å². The summed E-state index contributed by atoms with van der Waals surface area (Å²) in [4.78, 5) is 11.8. The van der Waals surface area contributed by atoms with Gasteiger partial charge in [0.25, 0.3) is 0 Å². The fraction of sp³-hybridized carbons (Fsp3) is 0.421. The van der Waals surface area contributed by atoms with E-state index in [2.05, 4.69) is 47.8 Å². The van der Waals surface area contributed by atoms with Crippen LogP contribution in [0.4, 0.5) is 0 Å². The maximum Gasteiger partial charge on any atom is 0.220 e. The first-order valence-corrected chi connectivity index (χ1v) is 8.24. The van der Waals surface area contributed by atoms with Crippen molar-refractivity contribution >= 4 is 16.7 Å². The molecule has 2 rings (SSSR count). The molecule has 0 aliphatic rings. The van der Waals surface area contributed by atoms with Crippen LogP contribution in [0.1, 0.15) is 37.7 Å². The van der Waals surface area contributed by atoms with Gasteiger partial charge >= 0.3 is 0 Å². The molecule has 2 aromatic rings. The maximum absolute atomic E-state index is 11.8. The topological polar surface area (TPSA) is 55.1 Å². The summed E-state index contributed by atoms with van der Waals surface area (Å²) >= 11 is 0. The smallest absolute Gasteiger partial charge is 0.220 e. The van der Waals surface area contributed by atoms with Crippen LogP contribution in [-0.4, -0.2) is 19.0 Å². The molecule has 0 radical (unpaired) electrons. The number of unbranched alkanes of at least 4 members (excludes halogenated alkanes) is 3. The van der Waals surface area contributed by atoms with E-state index in [9.17, 15) is 4.79 Å². The van der Waals surface area contributed by atoms with Crippen LogP contribution in [0.2, 0.25) is 0 Å². The monoisotopic (exact) mass is 298 g/mol. The Morgan fingerprint density at radius 3 is 2.59 bits per heavy atom. The van der Waals surface area contributed by atoms with Gasteiger partial charge in [0.2, 0.25) is 5.91 Å². The molecule has 0 saturated carbocycles. The summed E-state index contributed by atoms with van der Waals surface area (Å²) in [5, 5.41) is 5.56. The SMILES string of the molecule is NCCCCCCC(=O)NCCc1cccc2ccccc12. The molecule has 0 spiro atoms. The van der Waals surface area contributed by atoms with Crippen molar-refractivity contribution in [2.24, 2.45) is 5.73 Å². The van der Waals surface area contributed by atoms with Crippen LogP contribution in [0.3, 0.4) is 0 Å². The fourth-order valence-electron chi connectivity index (χ4n) is 2.72. The number of carbonyl (C=O) groups excluding carboxylic acids is 1. The summed E-state index contributed by atoms with van der Waals surface area (Å²) in [5.41, 5.74) is 6.74. The second kappa shape index (κ2) is 9.21. The van der Waals surface area contributed by atoms with Crippen LogP contribution >= 0.6 is 0 Å². The minimum absolute atomic E-state index is 0.160. The van der Waals surface area contributed by atoms with E-state index >= 15 is 0 Å². The molecule has 118 valence electrons. The normalized spacial score (nSPS) is 10.8. The van der Waals surface area contributed by atoms with E-state index in [0.29, 0.717) is 13.0 Å². The summed E-state index contributed by atoms with van der Waals surface area (Å²) in [7, 11) is 0. The van der Waals surface area contributed by atoms with E-state index in [4.69, 9.17) is 5.73 Å². The molecular formula is C19H26N2O. The van der Waals surface area contributed by atoms with Crippen LogP contribution in [0.15, 0.2) is 42.5 Å². The quantitative estimate of drug-likeness (QED) is 0.697. The highest BCUT2D eigenvalue weighted by molar-refractivity contribution is 5.85. The second-order valence-electron chi connectivity index (χ2n) is 5.69. The number of hydrogen-bond donors (Lipinski definition) is 2. The van der Waals surface area contributed by atoms with Crippen molar-refractivity contribution in [3.05, 3.63) is 48.0 Å². The predicted octanol–water partition coefficient (Wildman–Crippen LogP) is 3.41. The number of benzene rings is 2. The van der Waals surface area contributed by atoms with Crippen LogP contribution in [0.5, 0.6) is 0 Å². The van der Waals surface area contributed by atoms with Gasteiger partial charge in [0.15, 0.2) is 0 Å². The Balaban J connectivity index is 1.72. The Kier molecular flexibility index (Phi) is 6.91. The molecule has 2 aromatic carbocycles. The predicted molar refractivity (Wildman–Crippen MR) is 92.8 cm³/mol. The Morgan fingerprint density at radius 2 is 1.73 bits per heavy atom. The van der Waals surface area contributed by atoms with Crippen molar-refractivity contribution in [1.29, 1.82) is 0 Å². The van der Waals surface area contributed by atoms with Crippen molar-refractivity contribution in [2.45, 2.75) is 38.5 Å². The summed E-state index contributed by atoms with van der Waals surface area (Å²) in [5.74, 6) is 0.160. The minimum atomic E-state index is 0.160. The average Bonchev–Trinajstić information content (AvgIpc) is 2.55. The summed E-state index contributed by atoms with van der Waals surface area (Å²) in [6.45, 7) is 1.45. The largest absolute Gasteiger partial charge is 0.356 e. The fourth-order valence-corrected chi connectivity index (χ4v) is 2.72. The van der Waals surface area contributed by atoms with E-state index in [-0.39, 0.29) is 5.91 Å². The van der Waals surface area contributed by atoms with Gasteiger partial charge in [0.1, 0.15) is 0 Å². The van der Waals surface area contributed by atoms with Gasteiger partial charge in [0, 0.05) is 13.0 Å². The van der Waals surface area contributed by atoms with E-state index in [0.717, 1.165) is 38.6 Å². The first kappa shape index (κ1) is 16.5. The third-order valence-electron chi connectivity index (χ3n) is 3.95. The van der Waals surface area contributed by atoms with E-state index in [1.807, 2.05) is 0 Å². The Bertz CT molecular complexity index is 590. The van der Waals surface area contributed by atoms with Gasteiger partial charge in [-0.3, -0.25) is 4.79 Å². The molecular weight excluding hydrogens is 272 g/mol. The van der Waals surface area contributed by atoms with E-state index < -0.39 is 0 Å². The first-order valence-electron chi connectivity index (χ1n) is 8.24. The lowest BCUT2D eigenvalue weighted by molar-refractivity contribution is -0.121. The minimum Gasteiger partial charge on any atom is -0.356 e. The van der Waals surface area contributed by atoms with Gasteiger partial charge in [-0.25, -0.2) is 0 Å². The zero-order valence-corrected chi connectivity index (χ0v) is 13.2. The lowest BCUT2D eigenvalue weighted by atomic mass is 10.0. The van der Waals surface area contributed by atoms with Crippen molar-refractivity contribution in [1.82, 2.24) is 5.32 Å². The Morgan fingerprint density at radius 1 is 0.955 bits per heavy atom. The molecule has 0 unspecified atom stereocenters. The molecule has 3 N–H and O–H groups in total. The van der Waals surface area contributed by atoms with Crippen molar-refractivity contribution in [2.75, 3.05) is 13.1 Å². The lowest BCUT2D eigenvalue weighted by Crippen LogP contribution is -2.25. The summed E-state index contributed by atoms with van der Waals surface area (Å²) < 4.78 is 0. The molecule has 1 amide bonds. The molecule has 22 heavy (non-hydrogen) atoms. The van der Waals surface area contributed by atoms with Gasteiger partial charge < -0.3 is 11.1 Å². The molecule has 3 nitrogen and oxygen atoms in total. The average molecular weight is 298 g/mol. The van der Waals surface area contributed by atoms with Crippen LogP contribution in [-0.2, 0) is 11.2 Å². The molecule has 0 bridgehead atoms. The molecule has 0 saturated heterocycles. The standard InChI is InChI=1S/C19H26N2O/c20-14-6-2-1-3-12-19(22)21-15-13-17-10-7-9-16-8-4-5-11-18(16)17/h4-5,7-11H,1-3,6,12-15,20H2,(H,21,22). The number of amides is 1. The van der Waals surface area contributed by atoms with E-state index in [1.165, 1.54) is 16.3 Å². The van der Waals surface area contributed by atoms with Gasteiger partial charge in [-0.15, -0.1) is 0 Å². The number of fused-ring (bicyclic) bond motifs is 1. The van der Waals surface area contributed by atoms with Crippen LogP contribution in [0, 0.1) is 0 Å². The highest BCUT2D eigenvalue weighted by Crippen LogP contribution is 2.18. The molecule has 3 heteroatoms. The van der Waals surface area contributed by atoms with Gasteiger partial charge in [-0.2, -0.15) is 0 Å². The van der Waals surface area contributed by atoms with Gasteiger partial charge in [-0.05, 0) is 42.1 Å². The van der Waals surface area contributed by atoms with Crippen LogP contribution < -0.4 is 11.1 Å². The lowest BCUT2D eigenvalue weighted by Gasteiger charge is -2.08. The number of hydrogen-bond acceptors (Lipinski definition) is 2. The number of rotatable bonds is 9. The molecule has 0 aliphatic carbocycles. The number of carbonyl (C=O) groups is 1. The highest BCUT2D eigenvalue weighted by atomic mass is 16.1. The molecule has 0 atom stereocenters. The third kappa shape index (κ3) is 5.15.